The second-order valence-electron chi connectivity index (χ2n) is 4.11. The Bertz CT molecular complexity index is 615. The van der Waals surface area contributed by atoms with Crippen LogP contribution in [0.2, 0.25) is 0 Å². The summed E-state index contributed by atoms with van der Waals surface area (Å²) >= 11 is 0. The highest BCUT2D eigenvalue weighted by atomic mass is 15.0. The Labute approximate surface area is 88.1 Å². The Balaban J connectivity index is 2.51. The van der Waals surface area contributed by atoms with E-state index in [0.717, 1.165) is 17.1 Å². The van der Waals surface area contributed by atoms with Gasteiger partial charge in [-0.1, -0.05) is 0 Å². The smallest absolute Gasteiger partial charge is 0.0893 e. The predicted molar refractivity (Wildman–Crippen MR) is 61.2 cm³/mol. The minimum absolute atomic E-state index is 1.04. The molecule has 3 nitrogen and oxygen atoms in total. The van der Waals surface area contributed by atoms with Crippen LogP contribution in [0, 0.1) is 13.8 Å². The fourth-order valence-electron chi connectivity index (χ4n) is 2.09. The minimum Gasteiger partial charge on any atom is -0.356 e. The van der Waals surface area contributed by atoms with Crippen LogP contribution in [0.5, 0.6) is 0 Å². The number of nitrogens with one attached hydrogen (secondary N) is 1. The van der Waals surface area contributed by atoms with Gasteiger partial charge in [0.2, 0.25) is 0 Å². The van der Waals surface area contributed by atoms with E-state index in [1.165, 1.54) is 16.6 Å². The van der Waals surface area contributed by atoms with Gasteiger partial charge in [0.25, 0.3) is 0 Å². The molecule has 0 saturated carbocycles. The van der Waals surface area contributed by atoms with Crippen LogP contribution in [-0.4, -0.2) is 14.5 Å². The molecule has 1 aromatic heterocycles. The Morgan fingerprint density at radius 2 is 2.07 bits per heavy atom. The molecule has 0 fully saturated rings. The topological polar surface area (TPSA) is 33.6 Å². The van der Waals surface area contributed by atoms with Gasteiger partial charge in [-0.15, -0.1) is 0 Å². The summed E-state index contributed by atoms with van der Waals surface area (Å²) in [7, 11) is 2.09. The number of aromatic amines is 1. The molecule has 0 bridgehead atoms. The molecule has 0 atom stereocenters. The first-order chi connectivity index (χ1) is 7.16. The Morgan fingerprint density at radius 3 is 2.87 bits per heavy atom. The van der Waals surface area contributed by atoms with E-state index in [2.05, 4.69) is 40.6 Å². The lowest BCUT2D eigenvalue weighted by Gasteiger charge is -2.00. The normalized spacial score (nSPS) is 11.7. The average Bonchev–Trinajstić information content (AvgIpc) is 2.67. The molecular weight excluding hydrogens is 186 g/mol. The van der Waals surface area contributed by atoms with Crippen molar-refractivity contribution in [2.75, 3.05) is 0 Å². The Morgan fingerprint density at radius 1 is 1.27 bits per heavy atom. The number of hydrogen-bond acceptors (Lipinski definition) is 1. The van der Waals surface area contributed by atoms with Crippen molar-refractivity contribution in [2.45, 2.75) is 13.8 Å². The number of fused-ring (bicyclic) bond motifs is 3. The van der Waals surface area contributed by atoms with Crippen LogP contribution in [-0.2, 0) is 7.05 Å². The second kappa shape index (κ2) is 2.63. The van der Waals surface area contributed by atoms with Crippen LogP contribution >= 0.6 is 0 Å². The predicted octanol–water partition coefficient (Wildman–Crippen LogP) is 2.62. The van der Waals surface area contributed by atoms with Crippen molar-refractivity contribution in [2.24, 2.45) is 7.05 Å². The fourth-order valence-corrected chi connectivity index (χ4v) is 2.09. The van der Waals surface area contributed by atoms with Gasteiger partial charge in [0.1, 0.15) is 0 Å². The lowest BCUT2D eigenvalue weighted by Crippen LogP contribution is -1.89. The SMILES string of the molecule is Cc1cnc2cc3c(cc(C)n3C)c-2[nH]1. The molecule has 0 unspecified atom stereocenters. The molecule has 15 heavy (non-hydrogen) atoms. The number of H-pyrrole nitrogens is 1. The third kappa shape index (κ3) is 1.03. The lowest BCUT2D eigenvalue weighted by atomic mass is 10.3. The van der Waals surface area contributed by atoms with E-state index in [-0.39, 0.29) is 0 Å². The molecule has 76 valence electrons. The van der Waals surface area contributed by atoms with Crippen molar-refractivity contribution in [3.8, 4) is 11.4 Å². The van der Waals surface area contributed by atoms with Crippen LogP contribution in [0.3, 0.4) is 0 Å². The summed E-state index contributed by atoms with van der Waals surface area (Å²) in [6.07, 6.45) is 1.87. The van der Waals surface area contributed by atoms with Crippen molar-refractivity contribution >= 4 is 10.9 Å². The summed E-state index contributed by atoms with van der Waals surface area (Å²) < 4.78 is 2.19. The zero-order chi connectivity index (χ0) is 10.6. The summed E-state index contributed by atoms with van der Waals surface area (Å²) in [4.78, 5) is 7.79. The largest absolute Gasteiger partial charge is 0.356 e. The van der Waals surface area contributed by atoms with Crippen molar-refractivity contribution in [1.82, 2.24) is 14.5 Å². The van der Waals surface area contributed by atoms with E-state index in [1.807, 2.05) is 13.1 Å². The molecule has 1 N–H and O–H groups in total. The van der Waals surface area contributed by atoms with E-state index in [9.17, 15) is 0 Å². The number of hydrogen-bond donors (Lipinski definition) is 1. The molecule has 3 heteroatoms. The summed E-state index contributed by atoms with van der Waals surface area (Å²) in [5, 5.41) is 1.27. The van der Waals surface area contributed by atoms with Gasteiger partial charge in [-0.3, -0.25) is 4.98 Å². The van der Waals surface area contributed by atoms with Gasteiger partial charge < -0.3 is 9.55 Å². The zero-order valence-electron chi connectivity index (χ0n) is 9.13. The van der Waals surface area contributed by atoms with Crippen LogP contribution in [0.4, 0.5) is 0 Å². The van der Waals surface area contributed by atoms with E-state index in [0.29, 0.717) is 0 Å². The number of nitrogens with zero attached hydrogens (tertiary/aromatic N) is 2. The fraction of sp³-hybridized carbons (Fsp3) is 0.250. The molecule has 0 amide bonds. The van der Waals surface area contributed by atoms with Gasteiger partial charge >= 0.3 is 0 Å². The van der Waals surface area contributed by atoms with E-state index in [1.54, 1.807) is 0 Å². The molecule has 1 aliphatic heterocycles. The van der Waals surface area contributed by atoms with Crippen molar-refractivity contribution in [1.29, 1.82) is 0 Å². The zero-order valence-corrected chi connectivity index (χ0v) is 9.13. The maximum atomic E-state index is 4.42. The van der Waals surface area contributed by atoms with E-state index < -0.39 is 0 Å². The number of aryl methyl sites for hydroxylation is 3. The molecule has 3 rings (SSSR count). The maximum Gasteiger partial charge on any atom is 0.0893 e. The van der Waals surface area contributed by atoms with E-state index in [4.69, 9.17) is 0 Å². The molecule has 0 aromatic carbocycles. The monoisotopic (exact) mass is 199 g/mol. The standard InChI is InChI=1S/C12H13N3/c1-7-6-13-10-5-11-9(12(10)14-7)4-8(2)15(11)3/h4-6,14H,1-3H3. The summed E-state index contributed by atoms with van der Waals surface area (Å²) in [6, 6.07) is 4.34. The minimum atomic E-state index is 1.04. The van der Waals surface area contributed by atoms with Crippen LogP contribution in [0.1, 0.15) is 11.4 Å². The van der Waals surface area contributed by atoms with Crippen LogP contribution < -0.4 is 0 Å². The first-order valence-electron chi connectivity index (χ1n) is 5.07. The highest BCUT2D eigenvalue weighted by molar-refractivity contribution is 5.98. The summed E-state index contributed by atoms with van der Waals surface area (Å²) in [5.41, 5.74) is 5.81. The maximum absolute atomic E-state index is 4.42. The molecule has 0 spiro atoms. The van der Waals surface area contributed by atoms with Gasteiger partial charge in [0.05, 0.1) is 16.9 Å². The van der Waals surface area contributed by atoms with Crippen LogP contribution in [0.15, 0.2) is 18.3 Å². The third-order valence-corrected chi connectivity index (χ3v) is 3.04. The number of aromatic nitrogens is 3. The van der Waals surface area contributed by atoms with Crippen molar-refractivity contribution < 1.29 is 0 Å². The Hall–Kier alpha value is -1.77. The van der Waals surface area contributed by atoms with Gasteiger partial charge in [0.15, 0.2) is 0 Å². The van der Waals surface area contributed by atoms with Gasteiger partial charge in [-0.05, 0) is 26.0 Å². The number of rotatable bonds is 0. The van der Waals surface area contributed by atoms with Gasteiger partial charge in [0, 0.05) is 30.0 Å². The summed E-state index contributed by atoms with van der Waals surface area (Å²) in [5.74, 6) is 0. The highest BCUT2D eigenvalue weighted by Crippen LogP contribution is 2.32. The van der Waals surface area contributed by atoms with Crippen molar-refractivity contribution in [3.63, 3.8) is 0 Å². The first-order valence-corrected chi connectivity index (χ1v) is 5.07. The van der Waals surface area contributed by atoms with Crippen LogP contribution in [0.25, 0.3) is 22.3 Å². The molecule has 1 aliphatic carbocycles. The molecule has 0 radical (unpaired) electrons. The lowest BCUT2D eigenvalue weighted by molar-refractivity contribution is 0.918. The van der Waals surface area contributed by atoms with Gasteiger partial charge in [-0.2, -0.15) is 0 Å². The third-order valence-electron chi connectivity index (χ3n) is 3.04. The summed E-state index contributed by atoms with van der Waals surface area (Å²) in [6.45, 7) is 4.15. The molecular formula is C12H13N3. The van der Waals surface area contributed by atoms with Gasteiger partial charge in [-0.25, -0.2) is 0 Å². The molecule has 0 saturated heterocycles. The second-order valence-corrected chi connectivity index (χ2v) is 4.11. The first kappa shape index (κ1) is 8.53. The average molecular weight is 199 g/mol. The Kier molecular flexibility index (Phi) is 1.49. The van der Waals surface area contributed by atoms with E-state index >= 15 is 0 Å². The quantitative estimate of drug-likeness (QED) is 0.593. The highest BCUT2D eigenvalue weighted by Gasteiger charge is 2.15. The molecule has 2 aliphatic rings. The molecule has 1 aromatic rings. The van der Waals surface area contributed by atoms with Crippen molar-refractivity contribution in [3.05, 3.63) is 29.7 Å². The molecule has 2 heterocycles.